The number of hydrogen-bond acceptors (Lipinski definition) is 2. The first-order chi connectivity index (χ1) is 9.24. The molecule has 1 aliphatic rings. The third-order valence-corrected chi connectivity index (χ3v) is 4.44. The fourth-order valence-corrected chi connectivity index (χ4v) is 3.45. The molecule has 0 amide bonds. The number of halogens is 2. The molecule has 1 atom stereocenters. The number of benzene rings is 1. The lowest BCUT2D eigenvalue weighted by atomic mass is 9.92. The van der Waals surface area contributed by atoms with Crippen molar-refractivity contribution in [2.24, 2.45) is 0 Å². The Balaban J connectivity index is 1.88. The molecule has 3 rings (SSSR count). The van der Waals surface area contributed by atoms with Crippen LogP contribution in [0.15, 0.2) is 36.5 Å². The number of fused-ring (bicyclic) bond motifs is 1. The molecule has 2 aromatic rings. The van der Waals surface area contributed by atoms with E-state index in [-0.39, 0.29) is 6.04 Å². The van der Waals surface area contributed by atoms with E-state index in [2.05, 4.69) is 45.0 Å². The van der Waals surface area contributed by atoms with E-state index >= 15 is 0 Å². The van der Waals surface area contributed by atoms with Crippen LogP contribution in [0.2, 0.25) is 5.02 Å². The Morgan fingerprint density at radius 3 is 3.05 bits per heavy atom. The summed E-state index contributed by atoms with van der Waals surface area (Å²) in [7, 11) is 0. The molecule has 0 saturated carbocycles. The van der Waals surface area contributed by atoms with Crippen molar-refractivity contribution in [3.63, 3.8) is 0 Å². The van der Waals surface area contributed by atoms with Crippen LogP contribution < -0.4 is 5.32 Å². The largest absolute Gasteiger partial charge is 0.375 e. The molecule has 1 aromatic heterocycles. The first-order valence-electron chi connectivity index (χ1n) is 6.39. The monoisotopic (exact) mass is 384 g/mol. The molecule has 0 bridgehead atoms. The molecule has 2 nitrogen and oxygen atoms in total. The fourth-order valence-electron chi connectivity index (χ4n) is 2.54. The maximum atomic E-state index is 6.29. The molecule has 0 aliphatic heterocycles. The van der Waals surface area contributed by atoms with Crippen LogP contribution >= 0.6 is 34.2 Å². The SMILES string of the molecule is Clc1cc(I)ccc1NC1CCCc2cccnc21. The zero-order valence-electron chi connectivity index (χ0n) is 10.4. The average molecular weight is 385 g/mol. The predicted octanol–water partition coefficient (Wildman–Crippen LogP) is 4.83. The number of nitrogens with zero attached hydrogens (tertiary/aromatic N) is 1. The summed E-state index contributed by atoms with van der Waals surface area (Å²) in [5.74, 6) is 0. The normalized spacial score (nSPS) is 17.9. The zero-order chi connectivity index (χ0) is 13.2. The third-order valence-electron chi connectivity index (χ3n) is 3.46. The van der Waals surface area contributed by atoms with Crippen molar-refractivity contribution in [2.75, 3.05) is 5.32 Å². The maximum Gasteiger partial charge on any atom is 0.0688 e. The van der Waals surface area contributed by atoms with Crippen LogP contribution in [0.4, 0.5) is 5.69 Å². The Morgan fingerprint density at radius 2 is 2.21 bits per heavy atom. The van der Waals surface area contributed by atoms with Crippen molar-refractivity contribution in [2.45, 2.75) is 25.3 Å². The highest BCUT2D eigenvalue weighted by Gasteiger charge is 2.21. The molecule has 1 aromatic carbocycles. The average Bonchev–Trinajstić information content (AvgIpc) is 2.42. The van der Waals surface area contributed by atoms with Gasteiger partial charge in [0.2, 0.25) is 0 Å². The summed E-state index contributed by atoms with van der Waals surface area (Å²) in [5, 5.41) is 4.31. The van der Waals surface area contributed by atoms with E-state index in [0.29, 0.717) is 0 Å². The van der Waals surface area contributed by atoms with Gasteiger partial charge < -0.3 is 5.32 Å². The summed E-state index contributed by atoms with van der Waals surface area (Å²) in [6, 6.07) is 10.5. The van der Waals surface area contributed by atoms with Gasteiger partial charge in [-0.05, 0) is 71.7 Å². The van der Waals surface area contributed by atoms with Crippen LogP contribution in [-0.2, 0) is 6.42 Å². The molecule has 4 heteroatoms. The first-order valence-corrected chi connectivity index (χ1v) is 7.85. The van der Waals surface area contributed by atoms with Gasteiger partial charge in [-0.25, -0.2) is 0 Å². The third kappa shape index (κ3) is 2.87. The van der Waals surface area contributed by atoms with Gasteiger partial charge in [0.1, 0.15) is 0 Å². The standard InChI is InChI=1S/C15H14ClIN2/c16-12-9-11(17)6-7-13(12)19-14-5-1-3-10-4-2-8-18-15(10)14/h2,4,6-9,14,19H,1,3,5H2. The molecule has 98 valence electrons. The van der Waals surface area contributed by atoms with E-state index in [1.807, 2.05) is 24.4 Å². The Bertz CT molecular complexity index is 600. The Hall–Kier alpha value is -0.810. The van der Waals surface area contributed by atoms with Gasteiger partial charge in [0.15, 0.2) is 0 Å². The van der Waals surface area contributed by atoms with Gasteiger partial charge >= 0.3 is 0 Å². The molecule has 0 spiro atoms. The first kappa shape index (κ1) is 13.2. The van der Waals surface area contributed by atoms with Crippen molar-refractivity contribution >= 4 is 39.9 Å². The van der Waals surface area contributed by atoms with Gasteiger partial charge in [-0.1, -0.05) is 17.7 Å². The molecule has 0 fully saturated rings. The quantitative estimate of drug-likeness (QED) is 0.750. The molecule has 1 heterocycles. The minimum atomic E-state index is 0.266. The number of pyridine rings is 1. The second-order valence-corrected chi connectivity index (χ2v) is 6.41. The van der Waals surface area contributed by atoms with Crippen molar-refractivity contribution in [3.05, 3.63) is 56.4 Å². The molecular weight excluding hydrogens is 371 g/mol. The lowest BCUT2D eigenvalue weighted by Crippen LogP contribution is -2.19. The highest BCUT2D eigenvalue weighted by atomic mass is 127. The molecule has 0 saturated heterocycles. The van der Waals surface area contributed by atoms with Gasteiger partial charge in [-0.2, -0.15) is 0 Å². The summed E-state index contributed by atoms with van der Waals surface area (Å²) in [5.41, 5.74) is 3.52. The molecule has 19 heavy (non-hydrogen) atoms. The van der Waals surface area contributed by atoms with Crippen molar-refractivity contribution in [1.82, 2.24) is 4.98 Å². The molecule has 1 aliphatic carbocycles. The van der Waals surface area contributed by atoms with Gasteiger partial charge in [0, 0.05) is 9.77 Å². The number of anilines is 1. The molecule has 0 radical (unpaired) electrons. The van der Waals surface area contributed by atoms with Crippen LogP contribution in [0, 0.1) is 3.57 Å². The van der Waals surface area contributed by atoms with Crippen molar-refractivity contribution in [3.8, 4) is 0 Å². The summed E-state index contributed by atoms with van der Waals surface area (Å²) in [6.07, 6.45) is 5.29. The number of aromatic nitrogens is 1. The zero-order valence-corrected chi connectivity index (χ0v) is 13.3. The van der Waals surface area contributed by atoms with Crippen LogP contribution in [0.25, 0.3) is 0 Å². The van der Waals surface area contributed by atoms with E-state index in [4.69, 9.17) is 11.6 Å². The second-order valence-electron chi connectivity index (χ2n) is 4.76. The Kier molecular flexibility index (Phi) is 3.93. The predicted molar refractivity (Wildman–Crippen MR) is 87.7 cm³/mol. The minimum absolute atomic E-state index is 0.266. The summed E-state index contributed by atoms with van der Waals surface area (Å²) in [6.45, 7) is 0. The number of aryl methyl sites for hydroxylation is 1. The van der Waals surface area contributed by atoms with Crippen LogP contribution in [-0.4, -0.2) is 4.98 Å². The fraction of sp³-hybridized carbons (Fsp3) is 0.267. The van der Waals surface area contributed by atoms with E-state index in [1.165, 1.54) is 17.7 Å². The lowest BCUT2D eigenvalue weighted by molar-refractivity contribution is 0.583. The summed E-state index contributed by atoms with van der Waals surface area (Å²) >= 11 is 8.56. The van der Waals surface area contributed by atoms with E-state index in [0.717, 1.165) is 27.1 Å². The molecule has 1 unspecified atom stereocenters. The number of rotatable bonds is 2. The van der Waals surface area contributed by atoms with Gasteiger partial charge in [-0.3, -0.25) is 4.98 Å². The van der Waals surface area contributed by atoms with Crippen molar-refractivity contribution in [1.29, 1.82) is 0 Å². The summed E-state index contributed by atoms with van der Waals surface area (Å²) < 4.78 is 1.15. The van der Waals surface area contributed by atoms with Crippen LogP contribution in [0.5, 0.6) is 0 Å². The van der Waals surface area contributed by atoms with E-state index in [1.54, 1.807) is 0 Å². The summed E-state index contributed by atoms with van der Waals surface area (Å²) in [4.78, 5) is 4.54. The van der Waals surface area contributed by atoms with Crippen LogP contribution in [0.3, 0.4) is 0 Å². The van der Waals surface area contributed by atoms with Crippen LogP contribution in [0.1, 0.15) is 30.1 Å². The van der Waals surface area contributed by atoms with Crippen molar-refractivity contribution < 1.29 is 0 Å². The number of hydrogen-bond donors (Lipinski definition) is 1. The smallest absolute Gasteiger partial charge is 0.0688 e. The van der Waals surface area contributed by atoms with E-state index < -0.39 is 0 Å². The Morgan fingerprint density at radius 1 is 1.32 bits per heavy atom. The second kappa shape index (κ2) is 5.67. The topological polar surface area (TPSA) is 24.9 Å². The van der Waals surface area contributed by atoms with Gasteiger partial charge in [0.05, 0.1) is 22.4 Å². The number of nitrogens with one attached hydrogen (secondary N) is 1. The molecule has 1 N–H and O–H groups in total. The minimum Gasteiger partial charge on any atom is -0.375 e. The lowest BCUT2D eigenvalue weighted by Gasteiger charge is -2.26. The highest BCUT2D eigenvalue weighted by molar-refractivity contribution is 14.1. The maximum absolute atomic E-state index is 6.29. The van der Waals surface area contributed by atoms with E-state index in [9.17, 15) is 0 Å². The van der Waals surface area contributed by atoms with Gasteiger partial charge in [-0.15, -0.1) is 0 Å². The Labute approximate surface area is 131 Å². The molecular formula is C15H14ClIN2. The highest BCUT2D eigenvalue weighted by Crippen LogP contribution is 2.33. The van der Waals surface area contributed by atoms with Gasteiger partial charge in [0.25, 0.3) is 0 Å².